The number of nitrogens with one attached hydrogen (secondary N) is 1. The Hall–Kier alpha value is -2.60. The Kier molecular flexibility index (Phi) is 4.96. The molecule has 1 aromatic heterocycles. The van der Waals surface area contributed by atoms with Crippen LogP contribution in [-0.2, 0) is 4.79 Å². The van der Waals surface area contributed by atoms with Crippen LogP contribution in [0.1, 0.15) is 12.1 Å². The minimum Gasteiger partial charge on any atom is -0.322 e. The predicted octanol–water partition coefficient (Wildman–Crippen LogP) is 3.09. The Balaban J connectivity index is 1.56. The first kappa shape index (κ1) is 16.3. The van der Waals surface area contributed by atoms with Crippen molar-refractivity contribution in [3.63, 3.8) is 0 Å². The van der Waals surface area contributed by atoms with E-state index in [2.05, 4.69) is 16.4 Å². The van der Waals surface area contributed by atoms with Crippen molar-refractivity contribution in [2.45, 2.75) is 6.42 Å². The van der Waals surface area contributed by atoms with E-state index in [1.807, 2.05) is 23.1 Å². The number of amides is 1. The molecule has 3 rings (SSSR count). The van der Waals surface area contributed by atoms with Crippen molar-refractivity contribution in [3.8, 4) is 0 Å². The lowest BCUT2D eigenvalue weighted by molar-refractivity contribution is -0.117. The van der Waals surface area contributed by atoms with Gasteiger partial charge in [-0.25, -0.2) is 8.78 Å². The topological polar surface area (TPSA) is 45.2 Å². The molecule has 0 radical (unpaired) electrons. The Morgan fingerprint density at radius 2 is 2.12 bits per heavy atom. The zero-order valence-corrected chi connectivity index (χ0v) is 13.0. The van der Waals surface area contributed by atoms with E-state index >= 15 is 0 Å². The van der Waals surface area contributed by atoms with Gasteiger partial charge >= 0.3 is 0 Å². The van der Waals surface area contributed by atoms with E-state index in [0.717, 1.165) is 36.4 Å². The van der Waals surface area contributed by atoms with Crippen LogP contribution in [0.5, 0.6) is 0 Å². The fourth-order valence-electron chi connectivity index (χ4n) is 2.62. The van der Waals surface area contributed by atoms with Gasteiger partial charge in [0, 0.05) is 25.4 Å². The molecule has 0 spiro atoms. The highest BCUT2D eigenvalue weighted by Crippen LogP contribution is 2.20. The number of halogens is 2. The number of aromatic nitrogens is 1. The molecule has 0 unspecified atom stereocenters. The maximum atomic E-state index is 13.5. The highest BCUT2D eigenvalue weighted by molar-refractivity contribution is 5.92. The minimum atomic E-state index is -0.778. The molecule has 1 aliphatic heterocycles. The fraction of sp³-hybridized carbons (Fsp3) is 0.222. The average molecular weight is 329 g/mol. The van der Waals surface area contributed by atoms with Gasteiger partial charge in [-0.2, -0.15) is 0 Å². The third-order valence-electron chi connectivity index (χ3n) is 3.86. The number of hydrogen-bond donors (Lipinski definition) is 1. The summed E-state index contributed by atoms with van der Waals surface area (Å²) in [5, 5.41) is 2.47. The fourth-order valence-corrected chi connectivity index (χ4v) is 2.62. The van der Waals surface area contributed by atoms with Crippen LogP contribution in [0.4, 0.5) is 14.5 Å². The third kappa shape index (κ3) is 4.02. The maximum absolute atomic E-state index is 13.5. The number of carbonyl (C=O) groups excluding carboxylic acids is 1. The van der Waals surface area contributed by atoms with E-state index in [-0.39, 0.29) is 18.1 Å². The second-order valence-corrected chi connectivity index (χ2v) is 5.60. The third-order valence-corrected chi connectivity index (χ3v) is 3.86. The molecule has 2 heterocycles. The number of nitrogens with zero attached hydrogens (tertiary/aromatic N) is 2. The van der Waals surface area contributed by atoms with Gasteiger partial charge in [-0.05, 0) is 36.3 Å². The van der Waals surface area contributed by atoms with Crippen LogP contribution in [0.2, 0.25) is 0 Å². The van der Waals surface area contributed by atoms with E-state index in [0.29, 0.717) is 6.54 Å². The molecule has 0 aliphatic carbocycles. The first-order valence-corrected chi connectivity index (χ1v) is 7.69. The van der Waals surface area contributed by atoms with Gasteiger partial charge in [0.15, 0.2) is 0 Å². The van der Waals surface area contributed by atoms with Gasteiger partial charge in [-0.3, -0.25) is 14.7 Å². The van der Waals surface area contributed by atoms with Crippen molar-refractivity contribution in [2.24, 2.45) is 0 Å². The van der Waals surface area contributed by atoms with Crippen molar-refractivity contribution < 1.29 is 13.6 Å². The van der Waals surface area contributed by atoms with Crippen LogP contribution < -0.4 is 5.32 Å². The first-order chi connectivity index (χ1) is 11.6. The van der Waals surface area contributed by atoms with Crippen molar-refractivity contribution in [1.82, 2.24) is 9.88 Å². The summed E-state index contributed by atoms with van der Waals surface area (Å²) >= 11 is 0. The van der Waals surface area contributed by atoms with Crippen molar-refractivity contribution in [2.75, 3.05) is 25.0 Å². The summed E-state index contributed by atoms with van der Waals surface area (Å²) < 4.78 is 26.4. The van der Waals surface area contributed by atoms with Gasteiger partial charge in [0.1, 0.15) is 11.6 Å². The van der Waals surface area contributed by atoms with Crippen molar-refractivity contribution in [3.05, 3.63) is 66.0 Å². The van der Waals surface area contributed by atoms with Gasteiger partial charge in [0.2, 0.25) is 5.91 Å². The highest BCUT2D eigenvalue weighted by Gasteiger charge is 2.17. The van der Waals surface area contributed by atoms with Crippen LogP contribution in [0.15, 0.2) is 48.7 Å². The molecule has 0 saturated heterocycles. The highest BCUT2D eigenvalue weighted by atomic mass is 19.1. The zero-order chi connectivity index (χ0) is 16.9. The average Bonchev–Trinajstić information content (AvgIpc) is 2.59. The summed E-state index contributed by atoms with van der Waals surface area (Å²) in [7, 11) is 0. The van der Waals surface area contributed by atoms with Crippen LogP contribution in [-0.4, -0.2) is 35.4 Å². The summed E-state index contributed by atoms with van der Waals surface area (Å²) in [5.41, 5.74) is 2.11. The SMILES string of the molecule is O=C(CN1CC=C(c2ccccn2)CC1)Nc1ccc(F)cc1F. The molecule has 0 atom stereocenters. The van der Waals surface area contributed by atoms with Gasteiger partial charge in [-0.1, -0.05) is 12.1 Å². The standard InChI is InChI=1S/C18H17F2N3O/c19-14-4-5-17(15(20)11-14)22-18(24)12-23-9-6-13(7-10-23)16-3-1-2-8-21-16/h1-6,8,11H,7,9-10,12H2,(H,22,24). The molecule has 124 valence electrons. The number of rotatable bonds is 4. The lowest BCUT2D eigenvalue weighted by Crippen LogP contribution is -2.36. The molecular formula is C18H17F2N3O. The second-order valence-electron chi connectivity index (χ2n) is 5.60. The molecule has 4 nitrogen and oxygen atoms in total. The number of hydrogen-bond acceptors (Lipinski definition) is 3. The molecule has 1 aliphatic rings. The quantitative estimate of drug-likeness (QED) is 0.937. The van der Waals surface area contributed by atoms with Crippen LogP contribution in [0.3, 0.4) is 0 Å². The second kappa shape index (κ2) is 7.31. The van der Waals surface area contributed by atoms with Crippen LogP contribution in [0, 0.1) is 11.6 Å². The number of carbonyl (C=O) groups is 1. The van der Waals surface area contributed by atoms with Gasteiger partial charge in [0.25, 0.3) is 0 Å². The van der Waals surface area contributed by atoms with Crippen LogP contribution in [0.25, 0.3) is 5.57 Å². The predicted molar refractivity (Wildman–Crippen MR) is 88.3 cm³/mol. The van der Waals surface area contributed by atoms with Gasteiger partial charge in [-0.15, -0.1) is 0 Å². The summed E-state index contributed by atoms with van der Waals surface area (Å²) in [6.45, 7) is 1.51. The lowest BCUT2D eigenvalue weighted by Gasteiger charge is -2.25. The van der Waals surface area contributed by atoms with E-state index in [1.54, 1.807) is 6.20 Å². The first-order valence-electron chi connectivity index (χ1n) is 7.69. The van der Waals surface area contributed by atoms with Crippen molar-refractivity contribution >= 4 is 17.2 Å². The molecule has 1 N–H and O–H groups in total. The van der Waals surface area contributed by atoms with Crippen molar-refractivity contribution in [1.29, 1.82) is 0 Å². The van der Waals surface area contributed by atoms with E-state index in [1.165, 1.54) is 6.07 Å². The molecule has 24 heavy (non-hydrogen) atoms. The number of pyridine rings is 1. The van der Waals surface area contributed by atoms with Gasteiger partial charge in [0.05, 0.1) is 17.9 Å². The number of benzene rings is 1. The normalized spacial score (nSPS) is 15.0. The Bertz CT molecular complexity index is 762. The van der Waals surface area contributed by atoms with Gasteiger partial charge < -0.3 is 5.32 Å². The molecule has 2 aromatic rings. The summed E-state index contributed by atoms with van der Waals surface area (Å²) in [6.07, 6.45) is 4.61. The number of anilines is 1. The molecule has 1 amide bonds. The molecule has 1 aromatic carbocycles. The smallest absolute Gasteiger partial charge is 0.238 e. The molecule has 0 saturated carbocycles. The summed E-state index contributed by atoms with van der Waals surface area (Å²) in [4.78, 5) is 18.3. The minimum absolute atomic E-state index is 0.0110. The van der Waals surface area contributed by atoms with Crippen LogP contribution >= 0.6 is 0 Å². The molecular weight excluding hydrogens is 312 g/mol. The van der Waals surface area contributed by atoms with E-state index in [9.17, 15) is 13.6 Å². The summed E-state index contributed by atoms with van der Waals surface area (Å²) in [6, 6.07) is 8.86. The molecule has 0 bridgehead atoms. The Morgan fingerprint density at radius 3 is 2.79 bits per heavy atom. The largest absolute Gasteiger partial charge is 0.322 e. The zero-order valence-electron chi connectivity index (χ0n) is 13.0. The molecule has 0 fully saturated rings. The Labute approximate surface area is 138 Å². The van der Waals surface area contributed by atoms with E-state index < -0.39 is 11.6 Å². The molecule has 6 heteroatoms. The summed E-state index contributed by atoms with van der Waals surface area (Å²) in [5.74, 6) is -1.77. The van der Waals surface area contributed by atoms with E-state index in [4.69, 9.17) is 0 Å². The Morgan fingerprint density at radius 1 is 1.25 bits per heavy atom. The lowest BCUT2D eigenvalue weighted by atomic mass is 10.0. The maximum Gasteiger partial charge on any atom is 0.238 e. The monoisotopic (exact) mass is 329 g/mol.